The highest BCUT2D eigenvalue weighted by molar-refractivity contribution is 4.94. The Kier molecular flexibility index (Phi) is 6.11. The highest BCUT2D eigenvalue weighted by Crippen LogP contribution is 2.43. The molecule has 2 atom stereocenters. The first kappa shape index (κ1) is 15.3. The van der Waals surface area contributed by atoms with Crippen LogP contribution in [-0.2, 0) is 9.47 Å². The van der Waals surface area contributed by atoms with Crippen molar-refractivity contribution in [2.24, 2.45) is 5.92 Å². The highest BCUT2D eigenvalue weighted by atomic mass is 16.5. The summed E-state index contributed by atoms with van der Waals surface area (Å²) in [5, 5.41) is 3.68. The van der Waals surface area contributed by atoms with Crippen LogP contribution in [0.3, 0.4) is 0 Å². The summed E-state index contributed by atoms with van der Waals surface area (Å²) < 4.78 is 11.7. The number of hydrogen-bond donors (Lipinski definition) is 1. The van der Waals surface area contributed by atoms with Gasteiger partial charge in [0.2, 0.25) is 0 Å². The van der Waals surface area contributed by atoms with Crippen LogP contribution < -0.4 is 5.32 Å². The lowest BCUT2D eigenvalue weighted by Gasteiger charge is -2.41. The summed E-state index contributed by atoms with van der Waals surface area (Å²) in [7, 11) is 0. The Balaban J connectivity index is 1.88. The van der Waals surface area contributed by atoms with Crippen molar-refractivity contribution >= 4 is 0 Å². The first-order valence-corrected chi connectivity index (χ1v) is 8.25. The van der Waals surface area contributed by atoms with E-state index in [1.807, 2.05) is 0 Å². The summed E-state index contributed by atoms with van der Waals surface area (Å²) in [6.07, 6.45) is 8.90. The smallest absolute Gasteiger partial charge is 0.0685 e. The summed E-state index contributed by atoms with van der Waals surface area (Å²) in [4.78, 5) is 0. The van der Waals surface area contributed by atoms with Crippen molar-refractivity contribution < 1.29 is 9.47 Å². The number of hydrogen-bond acceptors (Lipinski definition) is 3. The van der Waals surface area contributed by atoms with Crippen LogP contribution in [0.1, 0.15) is 58.8 Å². The minimum Gasteiger partial charge on any atom is -0.382 e. The fourth-order valence-corrected chi connectivity index (χ4v) is 3.90. The minimum atomic E-state index is 0.238. The molecular formula is C16H31NO2. The summed E-state index contributed by atoms with van der Waals surface area (Å²) in [6.45, 7) is 8.01. The van der Waals surface area contributed by atoms with Crippen LogP contribution in [0.15, 0.2) is 0 Å². The maximum atomic E-state index is 6.15. The van der Waals surface area contributed by atoms with Crippen molar-refractivity contribution in [2.75, 3.05) is 26.4 Å². The molecule has 2 aliphatic rings. The molecule has 2 rings (SSSR count). The third-order valence-electron chi connectivity index (χ3n) is 4.86. The van der Waals surface area contributed by atoms with Gasteiger partial charge >= 0.3 is 0 Å². The third kappa shape index (κ3) is 4.17. The Morgan fingerprint density at radius 3 is 2.79 bits per heavy atom. The Hall–Kier alpha value is -0.120. The second kappa shape index (κ2) is 7.61. The molecule has 1 heterocycles. The number of ether oxygens (including phenoxy) is 2. The fourth-order valence-electron chi connectivity index (χ4n) is 3.90. The summed E-state index contributed by atoms with van der Waals surface area (Å²) in [6, 6.07) is 0.609. The van der Waals surface area contributed by atoms with Crippen LogP contribution in [0.4, 0.5) is 0 Å². The predicted molar refractivity (Wildman–Crippen MR) is 78.4 cm³/mol. The average molecular weight is 269 g/mol. The topological polar surface area (TPSA) is 30.5 Å². The molecule has 3 nitrogen and oxygen atoms in total. The molecule has 1 saturated carbocycles. The molecule has 1 spiro atoms. The van der Waals surface area contributed by atoms with Gasteiger partial charge < -0.3 is 14.8 Å². The average Bonchev–Trinajstić information content (AvgIpc) is 2.86. The van der Waals surface area contributed by atoms with Crippen LogP contribution >= 0.6 is 0 Å². The molecule has 2 unspecified atom stereocenters. The van der Waals surface area contributed by atoms with E-state index in [0.717, 1.165) is 38.7 Å². The van der Waals surface area contributed by atoms with Crippen molar-refractivity contribution in [1.29, 1.82) is 0 Å². The van der Waals surface area contributed by atoms with E-state index in [4.69, 9.17) is 9.47 Å². The third-order valence-corrected chi connectivity index (χ3v) is 4.86. The van der Waals surface area contributed by atoms with Gasteiger partial charge in [-0.3, -0.25) is 0 Å². The molecule has 0 bridgehead atoms. The van der Waals surface area contributed by atoms with Gasteiger partial charge in [0.05, 0.1) is 5.60 Å². The van der Waals surface area contributed by atoms with Crippen LogP contribution in [0.25, 0.3) is 0 Å². The van der Waals surface area contributed by atoms with Gasteiger partial charge in [-0.1, -0.05) is 19.8 Å². The lowest BCUT2D eigenvalue weighted by molar-refractivity contribution is -0.0990. The fraction of sp³-hybridized carbons (Fsp3) is 1.00. The molecule has 112 valence electrons. The zero-order valence-corrected chi connectivity index (χ0v) is 12.7. The first-order chi connectivity index (χ1) is 9.29. The summed E-state index contributed by atoms with van der Waals surface area (Å²) in [5.74, 6) is 0.771. The molecule has 19 heavy (non-hydrogen) atoms. The van der Waals surface area contributed by atoms with Crippen molar-refractivity contribution in [3.8, 4) is 0 Å². The maximum Gasteiger partial charge on any atom is 0.0685 e. The predicted octanol–water partition coefficient (Wildman–Crippen LogP) is 3.13. The van der Waals surface area contributed by atoms with Crippen LogP contribution in [0.5, 0.6) is 0 Å². The molecule has 1 aliphatic carbocycles. The van der Waals surface area contributed by atoms with Gasteiger partial charge in [-0.05, 0) is 51.5 Å². The summed E-state index contributed by atoms with van der Waals surface area (Å²) in [5.41, 5.74) is 0.238. The van der Waals surface area contributed by atoms with E-state index in [2.05, 4.69) is 19.2 Å². The first-order valence-electron chi connectivity index (χ1n) is 8.25. The van der Waals surface area contributed by atoms with E-state index in [1.54, 1.807) is 0 Å². The van der Waals surface area contributed by atoms with Crippen LogP contribution in [0.2, 0.25) is 0 Å². The zero-order valence-electron chi connectivity index (χ0n) is 12.7. The molecule has 1 saturated heterocycles. The Morgan fingerprint density at radius 2 is 2.11 bits per heavy atom. The van der Waals surface area contributed by atoms with Gasteiger partial charge in [-0.25, -0.2) is 0 Å². The molecule has 1 N–H and O–H groups in total. The van der Waals surface area contributed by atoms with Gasteiger partial charge in [0.15, 0.2) is 0 Å². The molecule has 3 heteroatoms. The molecule has 0 aromatic heterocycles. The Bertz CT molecular complexity index is 251. The van der Waals surface area contributed by atoms with Crippen LogP contribution in [0, 0.1) is 5.92 Å². The van der Waals surface area contributed by atoms with Crippen molar-refractivity contribution in [1.82, 2.24) is 5.32 Å². The van der Waals surface area contributed by atoms with E-state index in [9.17, 15) is 0 Å². The van der Waals surface area contributed by atoms with Gasteiger partial charge in [-0.15, -0.1) is 0 Å². The minimum absolute atomic E-state index is 0.238. The van der Waals surface area contributed by atoms with Crippen molar-refractivity contribution in [3.63, 3.8) is 0 Å². The monoisotopic (exact) mass is 269 g/mol. The van der Waals surface area contributed by atoms with Gasteiger partial charge in [0.1, 0.15) is 0 Å². The molecule has 0 radical (unpaired) electrons. The van der Waals surface area contributed by atoms with Crippen molar-refractivity contribution in [2.45, 2.75) is 70.4 Å². The SMILES string of the molecule is CCNC(CCOCC)C1CCOC2(CCCC2)C1. The summed E-state index contributed by atoms with van der Waals surface area (Å²) >= 11 is 0. The van der Waals surface area contributed by atoms with Gasteiger partial charge in [-0.2, -0.15) is 0 Å². The van der Waals surface area contributed by atoms with E-state index >= 15 is 0 Å². The van der Waals surface area contributed by atoms with Gasteiger partial charge in [0, 0.05) is 25.9 Å². The zero-order chi connectivity index (χ0) is 13.6. The standard InChI is InChI=1S/C16H31NO2/c1-3-17-15(8-11-18-4-2)14-7-12-19-16(13-14)9-5-6-10-16/h14-15,17H,3-13H2,1-2H3. The van der Waals surface area contributed by atoms with E-state index in [0.29, 0.717) is 6.04 Å². The number of nitrogens with one attached hydrogen (secondary N) is 1. The second-order valence-corrected chi connectivity index (χ2v) is 6.14. The van der Waals surface area contributed by atoms with E-state index < -0.39 is 0 Å². The number of rotatable bonds is 7. The second-order valence-electron chi connectivity index (χ2n) is 6.14. The van der Waals surface area contributed by atoms with Crippen molar-refractivity contribution in [3.05, 3.63) is 0 Å². The van der Waals surface area contributed by atoms with Gasteiger partial charge in [0.25, 0.3) is 0 Å². The molecule has 0 amide bonds. The highest BCUT2D eigenvalue weighted by Gasteiger charge is 2.41. The lowest BCUT2D eigenvalue weighted by Crippen LogP contribution is -2.46. The molecule has 2 fully saturated rings. The van der Waals surface area contributed by atoms with E-state index in [-0.39, 0.29) is 5.60 Å². The molecular weight excluding hydrogens is 238 g/mol. The maximum absolute atomic E-state index is 6.15. The molecule has 1 aliphatic heterocycles. The van der Waals surface area contributed by atoms with E-state index in [1.165, 1.54) is 38.5 Å². The Morgan fingerprint density at radius 1 is 1.32 bits per heavy atom. The molecule has 0 aromatic carbocycles. The Labute approximate surface area is 118 Å². The largest absolute Gasteiger partial charge is 0.382 e. The quantitative estimate of drug-likeness (QED) is 0.720. The lowest BCUT2D eigenvalue weighted by atomic mass is 9.79. The normalized spacial score (nSPS) is 27.8. The molecule has 0 aromatic rings. The van der Waals surface area contributed by atoms with Crippen LogP contribution in [-0.4, -0.2) is 38.0 Å².